The van der Waals surface area contributed by atoms with E-state index >= 15 is 0 Å². The summed E-state index contributed by atoms with van der Waals surface area (Å²) in [4.78, 5) is 11.5. The molecule has 0 aromatic heterocycles. The van der Waals surface area contributed by atoms with Gasteiger partial charge in [-0.2, -0.15) is 0 Å². The molecule has 3 aliphatic rings. The van der Waals surface area contributed by atoms with Gasteiger partial charge in [0.1, 0.15) is 6.10 Å². The molecule has 5 heteroatoms. The molecular weight excluding hydrogens is 308 g/mol. The molecule has 3 rings (SSSR count). The highest BCUT2D eigenvalue weighted by atomic mass is 16.5. The van der Waals surface area contributed by atoms with Crippen molar-refractivity contribution >= 4 is 5.97 Å². The van der Waals surface area contributed by atoms with E-state index < -0.39 is 12.2 Å². The Bertz CT molecular complexity index is 526. The highest BCUT2D eigenvalue weighted by Gasteiger charge is 2.40. The normalized spacial score (nSPS) is 42.2. The molecule has 1 saturated heterocycles. The lowest BCUT2D eigenvalue weighted by Gasteiger charge is -2.43. The van der Waals surface area contributed by atoms with Crippen molar-refractivity contribution < 1.29 is 24.5 Å². The molecule has 7 atom stereocenters. The summed E-state index contributed by atoms with van der Waals surface area (Å²) in [5.74, 6) is 0.759. The van der Waals surface area contributed by atoms with E-state index in [9.17, 15) is 15.0 Å². The first-order valence-electron chi connectivity index (χ1n) is 8.96. The molecule has 0 bridgehead atoms. The number of ether oxygens (including phenoxy) is 2. The van der Waals surface area contributed by atoms with Gasteiger partial charge < -0.3 is 19.7 Å². The Morgan fingerprint density at radius 3 is 2.79 bits per heavy atom. The summed E-state index contributed by atoms with van der Waals surface area (Å²) in [6.45, 7) is 2.21. The number of aliphatic hydroxyl groups is 2. The molecule has 0 amide bonds. The second-order valence-corrected chi connectivity index (χ2v) is 7.43. The van der Waals surface area contributed by atoms with E-state index in [1.807, 2.05) is 6.08 Å². The molecule has 0 aromatic carbocycles. The van der Waals surface area contributed by atoms with Gasteiger partial charge in [-0.1, -0.05) is 25.2 Å². The SMILES string of the molecule is CO[C@H]1C[C@@H](O)C=C2C=C[C@H](C)[C@H](CC[C@@H]3C[C@@H](O)CC(=O)O3)[C@H]21. The molecule has 1 heterocycles. The summed E-state index contributed by atoms with van der Waals surface area (Å²) in [6.07, 6.45) is 7.98. The molecule has 0 aromatic rings. The minimum absolute atomic E-state index is 0.0110. The van der Waals surface area contributed by atoms with E-state index in [2.05, 4.69) is 19.1 Å². The molecule has 0 saturated carbocycles. The quantitative estimate of drug-likeness (QED) is 0.768. The Morgan fingerprint density at radius 1 is 1.29 bits per heavy atom. The smallest absolute Gasteiger partial charge is 0.308 e. The molecule has 1 fully saturated rings. The number of allylic oxidation sites excluding steroid dienone is 2. The van der Waals surface area contributed by atoms with Gasteiger partial charge in [0.25, 0.3) is 0 Å². The molecule has 0 spiro atoms. The van der Waals surface area contributed by atoms with Crippen molar-refractivity contribution in [2.45, 2.75) is 63.4 Å². The first-order valence-corrected chi connectivity index (χ1v) is 8.96. The van der Waals surface area contributed by atoms with Crippen molar-refractivity contribution in [3.8, 4) is 0 Å². The summed E-state index contributed by atoms with van der Waals surface area (Å²) >= 11 is 0. The van der Waals surface area contributed by atoms with Crippen LogP contribution in [0.5, 0.6) is 0 Å². The van der Waals surface area contributed by atoms with Crippen molar-refractivity contribution in [3.05, 3.63) is 23.8 Å². The third-order valence-electron chi connectivity index (χ3n) is 5.73. The molecule has 1 aliphatic heterocycles. The number of esters is 1. The maximum Gasteiger partial charge on any atom is 0.308 e. The average molecular weight is 336 g/mol. The van der Waals surface area contributed by atoms with Gasteiger partial charge in [-0.15, -0.1) is 0 Å². The summed E-state index contributed by atoms with van der Waals surface area (Å²) in [5.41, 5.74) is 1.16. The van der Waals surface area contributed by atoms with Crippen LogP contribution in [0.4, 0.5) is 0 Å². The minimum Gasteiger partial charge on any atom is -0.462 e. The Morgan fingerprint density at radius 2 is 2.08 bits per heavy atom. The van der Waals surface area contributed by atoms with Crippen LogP contribution in [0.15, 0.2) is 23.8 Å². The Hall–Kier alpha value is -1.17. The van der Waals surface area contributed by atoms with E-state index in [0.717, 1.165) is 18.4 Å². The highest BCUT2D eigenvalue weighted by molar-refractivity contribution is 5.70. The van der Waals surface area contributed by atoms with E-state index in [0.29, 0.717) is 24.7 Å². The van der Waals surface area contributed by atoms with Gasteiger partial charge in [0.05, 0.1) is 24.7 Å². The number of methoxy groups -OCH3 is 1. The second-order valence-electron chi connectivity index (χ2n) is 7.43. The minimum atomic E-state index is -0.577. The second kappa shape index (κ2) is 7.38. The van der Waals surface area contributed by atoms with Crippen LogP contribution in [0, 0.1) is 17.8 Å². The zero-order valence-electron chi connectivity index (χ0n) is 14.4. The summed E-state index contributed by atoms with van der Waals surface area (Å²) in [5, 5.41) is 19.8. The standard InChI is InChI=1S/C19H28O5/c1-11-3-4-12-7-13(20)9-17(23-2)19(12)16(11)6-5-15-8-14(21)10-18(22)24-15/h3-4,7,11,13-17,19-21H,5-6,8-10H2,1-2H3/t11-,13-,14+,15+,16-,17-,19-/m0/s1. The van der Waals surface area contributed by atoms with Gasteiger partial charge in [-0.3, -0.25) is 4.79 Å². The highest BCUT2D eigenvalue weighted by Crippen LogP contribution is 2.43. The lowest BCUT2D eigenvalue weighted by Crippen LogP contribution is -2.41. The number of carbonyl (C=O) groups excluding carboxylic acids is 1. The topological polar surface area (TPSA) is 76.0 Å². The van der Waals surface area contributed by atoms with Crippen LogP contribution >= 0.6 is 0 Å². The van der Waals surface area contributed by atoms with Crippen molar-refractivity contribution in [2.24, 2.45) is 17.8 Å². The number of hydrogen-bond acceptors (Lipinski definition) is 5. The number of carbonyl (C=O) groups is 1. The Kier molecular flexibility index (Phi) is 5.42. The summed E-state index contributed by atoms with van der Waals surface area (Å²) < 4.78 is 11.1. The van der Waals surface area contributed by atoms with Crippen LogP contribution in [0.1, 0.15) is 39.0 Å². The molecule has 0 radical (unpaired) electrons. The number of cyclic esters (lactones) is 1. The van der Waals surface area contributed by atoms with Gasteiger partial charge in [0.2, 0.25) is 0 Å². The van der Waals surface area contributed by atoms with Crippen LogP contribution in [-0.4, -0.2) is 47.7 Å². The summed E-state index contributed by atoms with van der Waals surface area (Å²) in [6, 6.07) is 0. The third kappa shape index (κ3) is 3.73. The number of aliphatic hydroxyl groups excluding tert-OH is 2. The van der Waals surface area contributed by atoms with Crippen LogP contribution in [0.3, 0.4) is 0 Å². The van der Waals surface area contributed by atoms with Crippen LogP contribution in [0.2, 0.25) is 0 Å². The molecule has 134 valence electrons. The van der Waals surface area contributed by atoms with Gasteiger partial charge in [0.15, 0.2) is 0 Å². The van der Waals surface area contributed by atoms with Gasteiger partial charge in [0, 0.05) is 25.9 Å². The van der Waals surface area contributed by atoms with Crippen molar-refractivity contribution in [2.75, 3.05) is 7.11 Å². The Balaban J connectivity index is 1.70. The zero-order chi connectivity index (χ0) is 17.3. The molecule has 24 heavy (non-hydrogen) atoms. The number of rotatable bonds is 4. The van der Waals surface area contributed by atoms with Crippen molar-refractivity contribution in [1.82, 2.24) is 0 Å². The van der Waals surface area contributed by atoms with Crippen LogP contribution < -0.4 is 0 Å². The van der Waals surface area contributed by atoms with E-state index in [4.69, 9.17) is 9.47 Å². The lowest BCUT2D eigenvalue weighted by molar-refractivity contribution is -0.160. The number of hydrogen-bond donors (Lipinski definition) is 2. The van der Waals surface area contributed by atoms with Crippen LogP contribution in [-0.2, 0) is 14.3 Å². The molecule has 2 aliphatic carbocycles. The molecule has 2 N–H and O–H groups in total. The van der Waals surface area contributed by atoms with Gasteiger partial charge >= 0.3 is 5.97 Å². The average Bonchev–Trinajstić information content (AvgIpc) is 2.52. The predicted octanol–water partition coefficient (Wildman–Crippen LogP) is 1.98. The van der Waals surface area contributed by atoms with E-state index in [-0.39, 0.29) is 30.5 Å². The predicted molar refractivity (Wildman–Crippen MR) is 89.1 cm³/mol. The Labute approximate surface area is 143 Å². The van der Waals surface area contributed by atoms with Gasteiger partial charge in [-0.05, 0) is 30.3 Å². The lowest BCUT2D eigenvalue weighted by atomic mass is 9.66. The molecular formula is C19H28O5. The fourth-order valence-corrected chi connectivity index (χ4v) is 4.52. The maximum atomic E-state index is 11.5. The van der Waals surface area contributed by atoms with E-state index in [1.165, 1.54) is 0 Å². The van der Waals surface area contributed by atoms with Gasteiger partial charge in [-0.25, -0.2) is 0 Å². The maximum absolute atomic E-state index is 11.5. The van der Waals surface area contributed by atoms with E-state index in [1.54, 1.807) is 7.11 Å². The van der Waals surface area contributed by atoms with Crippen LogP contribution in [0.25, 0.3) is 0 Å². The zero-order valence-corrected chi connectivity index (χ0v) is 14.4. The fourth-order valence-electron chi connectivity index (χ4n) is 4.52. The monoisotopic (exact) mass is 336 g/mol. The van der Waals surface area contributed by atoms with Crippen molar-refractivity contribution in [1.29, 1.82) is 0 Å². The third-order valence-corrected chi connectivity index (χ3v) is 5.73. The van der Waals surface area contributed by atoms with Crippen molar-refractivity contribution in [3.63, 3.8) is 0 Å². The fraction of sp³-hybridized carbons (Fsp3) is 0.737. The summed E-state index contributed by atoms with van der Waals surface area (Å²) in [7, 11) is 1.71. The molecule has 5 nitrogen and oxygen atoms in total. The first kappa shape index (κ1) is 17.6. The number of fused-ring (bicyclic) bond motifs is 1. The molecule has 0 unspecified atom stereocenters. The largest absolute Gasteiger partial charge is 0.462 e. The first-order chi connectivity index (χ1) is 11.5.